The minimum atomic E-state index is -0.549. The third-order valence-electron chi connectivity index (χ3n) is 14.7. The van der Waals surface area contributed by atoms with Crippen molar-refractivity contribution < 1.29 is 19.1 Å². The van der Waals surface area contributed by atoms with Crippen molar-refractivity contribution in [3.63, 3.8) is 0 Å². The van der Waals surface area contributed by atoms with Gasteiger partial charge in [0.2, 0.25) is 0 Å². The molecule has 0 saturated carbocycles. The second kappa shape index (κ2) is 19.8. The first kappa shape index (κ1) is 48.8. The minimum absolute atomic E-state index is 0.0139. The average Bonchev–Trinajstić information content (AvgIpc) is 3.42. The number of unbranched alkanes of at least 4 members (excludes halogenated alkanes) is 1. The minimum Gasteiger partial charge on any atom is -0.455 e. The van der Waals surface area contributed by atoms with Crippen molar-refractivity contribution in [2.24, 2.45) is 7.05 Å². The lowest BCUT2D eigenvalue weighted by Gasteiger charge is -2.26. The molecule has 3 N–H and O–H groups in total. The van der Waals surface area contributed by atoms with E-state index in [9.17, 15) is 24.0 Å². The molecule has 10 heteroatoms. The third-order valence-corrected chi connectivity index (χ3v) is 14.7. The van der Waals surface area contributed by atoms with E-state index in [1.165, 1.54) is 11.1 Å². The summed E-state index contributed by atoms with van der Waals surface area (Å²) in [6.45, 7) is 10.3. The molecule has 2 aromatic heterocycles. The van der Waals surface area contributed by atoms with Gasteiger partial charge >= 0.3 is 0 Å². The molecular formula is C66H54N4O6. The molecule has 0 saturated heterocycles. The van der Waals surface area contributed by atoms with E-state index in [-0.39, 0.29) is 22.7 Å². The van der Waals surface area contributed by atoms with Gasteiger partial charge in [-0.05, 0) is 116 Å². The largest absolute Gasteiger partial charge is 0.455 e. The second-order valence-corrected chi connectivity index (χ2v) is 19.7. The maximum Gasteiger partial charge on any atom is 0.260 e. The quantitative estimate of drug-likeness (QED) is 0.109. The number of pyridine rings is 2. The van der Waals surface area contributed by atoms with Crippen molar-refractivity contribution >= 4 is 61.9 Å². The molecule has 0 atom stereocenters. The average molecular weight is 999 g/mol. The van der Waals surface area contributed by atoms with Gasteiger partial charge in [-0.3, -0.25) is 24.0 Å². The maximum atomic E-state index is 14.4. The highest BCUT2D eigenvalue weighted by Crippen LogP contribution is 2.48. The van der Waals surface area contributed by atoms with Gasteiger partial charge in [0, 0.05) is 63.6 Å². The number of hydrogen-bond acceptors (Lipinski definition) is 8. The van der Waals surface area contributed by atoms with Gasteiger partial charge in [0.1, 0.15) is 5.75 Å². The number of H-pyrrole nitrogens is 1. The Kier molecular flexibility index (Phi) is 12.7. The Morgan fingerprint density at radius 2 is 1.18 bits per heavy atom. The zero-order valence-corrected chi connectivity index (χ0v) is 43.1. The highest BCUT2D eigenvalue weighted by Gasteiger charge is 2.35. The molecule has 2 aliphatic rings. The van der Waals surface area contributed by atoms with Crippen molar-refractivity contribution in [2.75, 3.05) is 10.6 Å². The van der Waals surface area contributed by atoms with E-state index in [0.717, 1.165) is 75.0 Å². The topological polar surface area (TPSA) is 139 Å². The van der Waals surface area contributed by atoms with Crippen molar-refractivity contribution in [1.29, 1.82) is 0 Å². The maximum absolute atomic E-state index is 14.4. The number of para-hydroxylation sites is 1. The molecule has 10 nitrogen and oxygen atoms in total. The fourth-order valence-electron chi connectivity index (χ4n) is 10.7. The molecule has 0 spiro atoms. The molecular weight excluding hydrogens is 945 g/mol. The SMILES string of the molecule is CCCCc1ccc(Oc2cc(Nc3ccccc3C)c3c4c(c(C(=O)c5ccccc5)c(=O)[nH]c24)-c2ccccc2C3=O)cc1C.Cc1ccc(Nc2ccc3c4c(cc(=O)n3C)-c3ccccc3C(=O)c24)c(C)c1. The van der Waals surface area contributed by atoms with E-state index in [4.69, 9.17) is 4.74 Å². The first-order valence-corrected chi connectivity index (χ1v) is 25.6. The fourth-order valence-corrected chi connectivity index (χ4v) is 10.7. The summed E-state index contributed by atoms with van der Waals surface area (Å²) in [4.78, 5) is 71.6. The Morgan fingerprint density at radius 3 is 1.89 bits per heavy atom. The lowest BCUT2D eigenvalue weighted by molar-refractivity contribution is 0.102. The van der Waals surface area contributed by atoms with Gasteiger partial charge in [-0.2, -0.15) is 0 Å². The number of ether oxygens (including phenoxy) is 1. The summed E-state index contributed by atoms with van der Waals surface area (Å²) in [5.41, 5.74) is 14.2. The van der Waals surface area contributed by atoms with E-state index < -0.39 is 11.3 Å². The molecule has 0 aliphatic heterocycles. The van der Waals surface area contributed by atoms with E-state index in [1.807, 2.05) is 111 Å². The van der Waals surface area contributed by atoms with Crippen LogP contribution < -0.4 is 26.5 Å². The number of nitrogens with zero attached hydrogens (tertiary/aromatic N) is 1. The number of carbonyl (C=O) groups excluding carboxylic acids is 3. The van der Waals surface area contributed by atoms with Crippen LogP contribution in [0.4, 0.5) is 22.7 Å². The van der Waals surface area contributed by atoms with Crippen LogP contribution in [0.3, 0.4) is 0 Å². The van der Waals surface area contributed by atoms with Crippen LogP contribution in [0.25, 0.3) is 44.1 Å². The number of carbonyl (C=O) groups is 3. The van der Waals surface area contributed by atoms with Gasteiger partial charge in [-0.15, -0.1) is 0 Å². The zero-order chi connectivity index (χ0) is 52.9. The van der Waals surface area contributed by atoms with Crippen LogP contribution in [0.2, 0.25) is 0 Å². The molecule has 0 radical (unpaired) electrons. The van der Waals surface area contributed by atoms with Gasteiger partial charge in [0.05, 0.1) is 39.1 Å². The number of nitrogens with one attached hydrogen (secondary N) is 3. The third kappa shape index (κ3) is 8.57. The number of aryl methyl sites for hydroxylation is 6. The molecule has 10 aromatic rings. The number of aromatic amines is 1. The Hall–Kier alpha value is -9.41. The molecule has 2 aliphatic carbocycles. The van der Waals surface area contributed by atoms with Crippen molar-refractivity contribution in [1.82, 2.24) is 9.55 Å². The molecule has 0 unspecified atom stereocenters. The normalized spacial score (nSPS) is 11.9. The number of hydrogen-bond donors (Lipinski definition) is 3. The standard InChI is InChI=1S/C41H34N2O4.C25H20N2O2/c1-4-5-14-26-20-21-28(22-25(26)3)47-33-23-32(42-31-19-12-9-13-24(31)2)35-36-34(29-17-10-11-18-30(29)40(35)45)37(41(46)43-38(33)36)39(44)27-15-7-6-8-16-27;1-14-8-9-19(15(2)12-14)26-20-10-11-21-23-18(13-22(28)27(21)3)16-6-4-5-7-17(16)25(29)24(20)23/h6-13,15-23,42H,4-5,14H2,1-3H3,(H,43,46);4-13,26H,1-3H3. The highest BCUT2D eigenvalue weighted by atomic mass is 16.5. The van der Waals surface area contributed by atoms with Gasteiger partial charge < -0.3 is 24.9 Å². The summed E-state index contributed by atoms with van der Waals surface area (Å²) in [6.07, 6.45) is 3.20. The number of aromatic nitrogens is 2. The van der Waals surface area contributed by atoms with Crippen molar-refractivity contribution in [3.05, 3.63) is 246 Å². The highest BCUT2D eigenvalue weighted by molar-refractivity contribution is 6.32. The molecule has 8 aromatic carbocycles. The van der Waals surface area contributed by atoms with Gasteiger partial charge in [-0.25, -0.2) is 0 Å². The molecule has 76 heavy (non-hydrogen) atoms. The summed E-state index contributed by atoms with van der Waals surface area (Å²) in [5, 5.41) is 8.25. The number of ketones is 3. The number of benzene rings is 8. The fraction of sp³-hybridized carbons (Fsp3) is 0.136. The Morgan fingerprint density at radius 1 is 0.553 bits per heavy atom. The van der Waals surface area contributed by atoms with Gasteiger partial charge in [0.25, 0.3) is 11.1 Å². The lowest BCUT2D eigenvalue weighted by atomic mass is 9.80. The van der Waals surface area contributed by atoms with Gasteiger partial charge in [-0.1, -0.05) is 134 Å². The van der Waals surface area contributed by atoms with Crippen LogP contribution in [0.1, 0.15) is 95.3 Å². The first-order chi connectivity index (χ1) is 36.8. The number of fused-ring (bicyclic) bond motifs is 4. The Balaban J connectivity index is 0.000000181. The van der Waals surface area contributed by atoms with Crippen LogP contribution >= 0.6 is 0 Å². The Labute approximate surface area is 439 Å². The smallest absolute Gasteiger partial charge is 0.260 e. The Bertz CT molecular complexity index is 4190. The summed E-state index contributed by atoms with van der Waals surface area (Å²) < 4.78 is 8.18. The van der Waals surface area contributed by atoms with E-state index in [2.05, 4.69) is 48.5 Å². The van der Waals surface area contributed by atoms with Crippen molar-refractivity contribution in [2.45, 2.75) is 53.9 Å². The zero-order valence-electron chi connectivity index (χ0n) is 43.1. The monoisotopic (exact) mass is 998 g/mol. The summed E-state index contributed by atoms with van der Waals surface area (Å²) in [7, 11) is 1.74. The molecule has 0 amide bonds. The predicted molar refractivity (Wildman–Crippen MR) is 305 cm³/mol. The van der Waals surface area contributed by atoms with E-state index in [0.29, 0.717) is 67.0 Å². The van der Waals surface area contributed by atoms with Crippen LogP contribution in [-0.4, -0.2) is 26.9 Å². The van der Waals surface area contributed by atoms with Crippen LogP contribution in [0.15, 0.2) is 173 Å². The van der Waals surface area contributed by atoms with E-state index in [1.54, 1.807) is 66.2 Å². The molecule has 0 bridgehead atoms. The van der Waals surface area contributed by atoms with Crippen LogP contribution in [-0.2, 0) is 13.5 Å². The first-order valence-electron chi connectivity index (χ1n) is 25.6. The van der Waals surface area contributed by atoms with Crippen LogP contribution in [0.5, 0.6) is 11.5 Å². The summed E-state index contributed by atoms with van der Waals surface area (Å²) in [5.74, 6) is 0.322. The van der Waals surface area contributed by atoms with Crippen LogP contribution in [0, 0.1) is 27.7 Å². The van der Waals surface area contributed by atoms with Gasteiger partial charge in [0.15, 0.2) is 23.1 Å². The second-order valence-electron chi connectivity index (χ2n) is 19.7. The molecule has 2 heterocycles. The molecule has 12 rings (SSSR count). The molecule has 0 fully saturated rings. The van der Waals surface area contributed by atoms with Crippen molar-refractivity contribution in [3.8, 4) is 33.8 Å². The lowest BCUT2D eigenvalue weighted by Crippen LogP contribution is -2.24. The number of anilines is 4. The summed E-state index contributed by atoms with van der Waals surface area (Å²) in [6, 6.07) is 50.6. The predicted octanol–water partition coefficient (Wildman–Crippen LogP) is 14.6. The van der Waals surface area contributed by atoms with E-state index >= 15 is 0 Å². The number of rotatable bonds is 11. The summed E-state index contributed by atoms with van der Waals surface area (Å²) >= 11 is 0. The molecule has 374 valence electrons.